The van der Waals surface area contributed by atoms with E-state index >= 15 is 0 Å². The third-order valence-electron chi connectivity index (χ3n) is 3.93. The average Bonchev–Trinajstić information content (AvgIpc) is 2.53. The fourth-order valence-corrected chi connectivity index (χ4v) is 2.58. The molecular weight excluding hydrogens is 282 g/mol. The quantitative estimate of drug-likeness (QED) is 0.598. The third-order valence-corrected chi connectivity index (χ3v) is 3.93. The van der Waals surface area contributed by atoms with Crippen LogP contribution in [0.2, 0.25) is 0 Å². The Kier molecular flexibility index (Phi) is 9.82. The summed E-state index contributed by atoms with van der Waals surface area (Å²) in [5, 5.41) is 5.93. The van der Waals surface area contributed by atoms with Gasteiger partial charge < -0.3 is 20.3 Å². The molecule has 1 aliphatic heterocycles. The zero-order valence-electron chi connectivity index (χ0n) is 14.0. The van der Waals surface area contributed by atoms with E-state index in [2.05, 4.69) is 15.5 Å². The molecule has 0 aromatic carbocycles. The summed E-state index contributed by atoms with van der Waals surface area (Å²) in [6, 6.07) is 0.285. The maximum absolute atomic E-state index is 11.6. The number of hydrogen-bond acceptors (Lipinski definition) is 4. The SMILES string of the molecule is CCOCC(=O)NC1CCN(CCCCNC(=O)CC)CC1.[HH].[HH]. The Hall–Kier alpha value is -1.14. The second-order valence-electron chi connectivity index (χ2n) is 5.73. The van der Waals surface area contributed by atoms with E-state index in [0.29, 0.717) is 13.0 Å². The van der Waals surface area contributed by atoms with E-state index in [9.17, 15) is 9.59 Å². The number of nitrogens with one attached hydrogen (secondary N) is 2. The second-order valence-corrected chi connectivity index (χ2v) is 5.73. The van der Waals surface area contributed by atoms with E-state index < -0.39 is 0 Å². The van der Waals surface area contributed by atoms with Crippen LogP contribution in [0.3, 0.4) is 0 Å². The molecule has 2 amide bonds. The Morgan fingerprint density at radius 3 is 2.55 bits per heavy atom. The summed E-state index contributed by atoms with van der Waals surface area (Å²) in [6.07, 6.45) is 4.69. The van der Waals surface area contributed by atoms with Gasteiger partial charge in [-0.25, -0.2) is 0 Å². The first-order chi connectivity index (χ1) is 10.7. The number of unbranched alkanes of at least 4 members (excludes halogenated alkanes) is 1. The molecular formula is C16H35N3O3. The fourth-order valence-electron chi connectivity index (χ4n) is 2.58. The van der Waals surface area contributed by atoms with E-state index in [1.165, 1.54) is 0 Å². The van der Waals surface area contributed by atoms with Gasteiger partial charge in [0.15, 0.2) is 0 Å². The lowest BCUT2D eigenvalue weighted by Gasteiger charge is -2.32. The van der Waals surface area contributed by atoms with Crippen LogP contribution >= 0.6 is 0 Å². The van der Waals surface area contributed by atoms with Gasteiger partial charge in [0.2, 0.25) is 11.8 Å². The van der Waals surface area contributed by atoms with Gasteiger partial charge >= 0.3 is 0 Å². The Labute approximate surface area is 136 Å². The molecule has 0 unspecified atom stereocenters. The van der Waals surface area contributed by atoms with Gasteiger partial charge in [0.05, 0.1) is 0 Å². The zero-order valence-corrected chi connectivity index (χ0v) is 14.0. The van der Waals surface area contributed by atoms with E-state index in [-0.39, 0.29) is 27.3 Å². The predicted octanol–water partition coefficient (Wildman–Crippen LogP) is 1.40. The van der Waals surface area contributed by atoms with Crippen LogP contribution in [0.1, 0.15) is 48.8 Å². The Bertz CT molecular complexity index is 339. The molecule has 6 heteroatoms. The molecule has 0 saturated carbocycles. The highest BCUT2D eigenvalue weighted by Gasteiger charge is 2.20. The Balaban J connectivity index is 0. The summed E-state index contributed by atoms with van der Waals surface area (Å²) in [5.74, 6) is 0.121. The van der Waals surface area contributed by atoms with Crippen LogP contribution < -0.4 is 10.6 Å². The van der Waals surface area contributed by atoms with Crippen molar-refractivity contribution >= 4 is 11.8 Å². The molecule has 0 aromatic heterocycles. The molecule has 1 rings (SSSR count). The van der Waals surface area contributed by atoms with Crippen LogP contribution in [0.25, 0.3) is 0 Å². The number of carbonyl (C=O) groups is 2. The van der Waals surface area contributed by atoms with Gasteiger partial charge in [0.25, 0.3) is 0 Å². The lowest BCUT2D eigenvalue weighted by Crippen LogP contribution is -2.45. The maximum Gasteiger partial charge on any atom is 0.246 e. The lowest BCUT2D eigenvalue weighted by atomic mass is 10.0. The van der Waals surface area contributed by atoms with Crippen molar-refractivity contribution in [1.29, 1.82) is 0 Å². The molecule has 6 nitrogen and oxygen atoms in total. The van der Waals surface area contributed by atoms with Crippen molar-refractivity contribution in [2.24, 2.45) is 0 Å². The first-order valence-corrected chi connectivity index (χ1v) is 8.51. The van der Waals surface area contributed by atoms with Gasteiger partial charge in [-0.05, 0) is 39.2 Å². The number of hydrogen-bond donors (Lipinski definition) is 2. The van der Waals surface area contributed by atoms with Crippen molar-refractivity contribution in [3.05, 3.63) is 0 Å². The summed E-state index contributed by atoms with van der Waals surface area (Å²) in [6.45, 7) is 8.40. The average molecular weight is 317 g/mol. The fraction of sp³-hybridized carbons (Fsp3) is 0.875. The first kappa shape index (κ1) is 18.9. The number of piperidine rings is 1. The minimum absolute atomic E-state index is 0. The van der Waals surface area contributed by atoms with Crippen molar-refractivity contribution in [3.8, 4) is 0 Å². The van der Waals surface area contributed by atoms with E-state index in [4.69, 9.17) is 4.74 Å². The summed E-state index contributed by atoms with van der Waals surface area (Å²) < 4.78 is 5.11. The monoisotopic (exact) mass is 317 g/mol. The summed E-state index contributed by atoms with van der Waals surface area (Å²) in [7, 11) is 0. The molecule has 0 aromatic rings. The molecule has 0 atom stereocenters. The van der Waals surface area contributed by atoms with Crippen molar-refractivity contribution in [1.82, 2.24) is 15.5 Å². The number of carbonyl (C=O) groups excluding carboxylic acids is 2. The Morgan fingerprint density at radius 2 is 1.91 bits per heavy atom. The number of ether oxygens (including phenoxy) is 1. The van der Waals surface area contributed by atoms with Gasteiger partial charge in [-0.2, -0.15) is 0 Å². The van der Waals surface area contributed by atoms with Crippen molar-refractivity contribution in [3.63, 3.8) is 0 Å². The molecule has 0 bridgehead atoms. The molecule has 22 heavy (non-hydrogen) atoms. The molecule has 0 spiro atoms. The molecule has 1 fully saturated rings. The maximum atomic E-state index is 11.6. The van der Waals surface area contributed by atoms with Crippen molar-refractivity contribution < 1.29 is 17.2 Å². The van der Waals surface area contributed by atoms with Crippen LogP contribution in [-0.4, -0.2) is 62.1 Å². The standard InChI is InChI=1S/C16H31N3O3.2H2/c1-3-15(20)17-9-5-6-10-19-11-7-14(8-12-19)18-16(21)13-22-4-2;;/h14H,3-13H2,1-2H3,(H,17,20)(H,18,21);2*1H. The van der Waals surface area contributed by atoms with E-state index in [0.717, 1.165) is 51.9 Å². The molecule has 0 aliphatic carbocycles. The minimum Gasteiger partial charge on any atom is -0.372 e. The molecule has 0 radical (unpaired) electrons. The molecule has 2 N–H and O–H groups in total. The highest BCUT2D eigenvalue weighted by atomic mass is 16.5. The van der Waals surface area contributed by atoms with Crippen LogP contribution in [0.5, 0.6) is 0 Å². The van der Waals surface area contributed by atoms with Gasteiger partial charge in [0.1, 0.15) is 6.61 Å². The predicted molar refractivity (Wildman–Crippen MR) is 90.9 cm³/mol. The van der Waals surface area contributed by atoms with Crippen LogP contribution in [0.4, 0.5) is 0 Å². The van der Waals surface area contributed by atoms with Crippen molar-refractivity contribution in [2.45, 2.75) is 52.0 Å². The Morgan fingerprint density at radius 1 is 1.18 bits per heavy atom. The van der Waals surface area contributed by atoms with E-state index in [1.807, 2.05) is 13.8 Å². The van der Waals surface area contributed by atoms with Gasteiger partial charge in [-0.15, -0.1) is 0 Å². The van der Waals surface area contributed by atoms with E-state index in [1.54, 1.807) is 0 Å². The topological polar surface area (TPSA) is 70.7 Å². The second kappa shape index (κ2) is 11.4. The van der Waals surface area contributed by atoms with Crippen LogP contribution in [0.15, 0.2) is 0 Å². The minimum atomic E-state index is -0.00744. The summed E-state index contributed by atoms with van der Waals surface area (Å²) in [4.78, 5) is 25.1. The number of amides is 2. The normalized spacial score (nSPS) is 16.5. The first-order valence-electron chi connectivity index (χ1n) is 8.51. The largest absolute Gasteiger partial charge is 0.372 e. The van der Waals surface area contributed by atoms with Gasteiger partial charge in [-0.3, -0.25) is 9.59 Å². The van der Waals surface area contributed by atoms with Crippen LogP contribution in [0, 0.1) is 0 Å². The highest BCUT2D eigenvalue weighted by molar-refractivity contribution is 5.77. The smallest absolute Gasteiger partial charge is 0.246 e. The van der Waals surface area contributed by atoms with Crippen LogP contribution in [-0.2, 0) is 14.3 Å². The molecule has 132 valence electrons. The number of likely N-dealkylation sites (tertiary alicyclic amines) is 1. The van der Waals surface area contributed by atoms with Crippen molar-refractivity contribution in [2.75, 3.05) is 39.4 Å². The third kappa shape index (κ3) is 8.34. The molecule has 1 aliphatic rings. The number of nitrogens with zero attached hydrogens (tertiary/aromatic N) is 1. The van der Waals surface area contributed by atoms with Gasteiger partial charge in [0, 0.05) is 41.6 Å². The molecule has 1 saturated heterocycles. The zero-order chi connectivity index (χ0) is 16.2. The number of rotatable bonds is 10. The lowest BCUT2D eigenvalue weighted by molar-refractivity contribution is -0.126. The molecule has 1 heterocycles. The van der Waals surface area contributed by atoms with Gasteiger partial charge in [-0.1, -0.05) is 6.92 Å². The summed E-state index contributed by atoms with van der Waals surface area (Å²) in [5.41, 5.74) is 0. The summed E-state index contributed by atoms with van der Waals surface area (Å²) >= 11 is 0. The highest BCUT2D eigenvalue weighted by Crippen LogP contribution is 2.11.